The highest BCUT2D eigenvalue weighted by atomic mass is 35.5. The highest BCUT2D eigenvalue weighted by Crippen LogP contribution is 2.20. The van der Waals surface area contributed by atoms with Crippen LogP contribution < -0.4 is 9.80 Å². The number of quaternary nitrogens is 2. The molecule has 3 heterocycles. The van der Waals surface area contributed by atoms with E-state index >= 15 is 0 Å². The van der Waals surface area contributed by atoms with Crippen LogP contribution in [0.25, 0.3) is 11.5 Å². The number of nitrogens with one attached hydrogen (secondary N) is 2. The molecule has 25 heavy (non-hydrogen) atoms. The zero-order valence-electron chi connectivity index (χ0n) is 14.0. The fourth-order valence-electron chi connectivity index (χ4n) is 3.43. The molecular weight excluding hydrogens is 338 g/mol. The SMILES string of the molecule is Clc1cccc(C[NH+]2CC[NH+](Cc3cc(-c4ccco4)on3)CC2)c1. The molecule has 130 valence electrons. The fourth-order valence-corrected chi connectivity index (χ4v) is 3.65. The van der Waals surface area contributed by atoms with Crippen LogP contribution in [0.15, 0.2) is 57.7 Å². The Bertz CT molecular complexity index is 808. The summed E-state index contributed by atoms with van der Waals surface area (Å²) in [7, 11) is 0. The van der Waals surface area contributed by atoms with Gasteiger partial charge in [-0.05, 0) is 24.3 Å². The van der Waals surface area contributed by atoms with Crippen molar-refractivity contribution in [2.24, 2.45) is 0 Å². The number of halogens is 1. The molecule has 5 nitrogen and oxygen atoms in total. The van der Waals surface area contributed by atoms with Crippen LogP contribution >= 0.6 is 11.6 Å². The van der Waals surface area contributed by atoms with Crippen molar-refractivity contribution in [3.8, 4) is 11.5 Å². The van der Waals surface area contributed by atoms with Crippen LogP contribution in [0, 0.1) is 0 Å². The molecule has 0 saturated carbocycles. The van der Waals surface area contributed by atoms with Gasteiger partial charge in [0.2, 0.25) is 5.76 Å². The van der Waals surface area contributed by atoms with Gasteiger partial charge in [0.1, 0.15) is 45.0 Å². The Balaban J connectivity index is 1.29. The number of nitrogens with zero attached hydrogens (tertiary/aromatic N) is 1. The standard InChI is InChI=1S/C19H20ClN3O2/c20-16-4-1-3-15(11-16)13-22-6-8-23(9-7-22)14-17-12-19(25-21-17)18-5-2-10-24-18/h1-5,10-12H,6-9,13-14H2/p+2. The molecule has 1 fully saturated rings. The van der Waals surface area contributed by atoms with E-state index in [4.69, 9.17) is 20.5 Å². The van der Waals surface area contributed by atoms with E-state index in [2.05, 4.69) is 17.3 Å². The first kappa shape index (κ1) is 16.4. The summed E-state index contributed by atoms with van der Waals surface area (Å²) in [5.74, 6) is 1.43. The van der Waals surface area contributed by atoms with E-state index in [9.17, 15) is 0 Å². The minimum absolute atomic E-state index is 0.699. The lowest BCUT2D eigenvalue weighted by atomic mass is 10.2. The average Bonchev–Trinajstić information content (AvgIpc) is 3.28. The van der Waals surface area contributed by atoms with Crippen molar-refractivity contribution >= 4 is 11.6 Å². The topological polar surface area (TPSA) is 48.1 Å². The first-order chi connectivity index (χ1) is 12.3. The first-order valence-electron chi connectivity index (χ1n) is 8.67. The highest BCUT2D eigenvalue weighted by molar-refractivity contribution is 6.30. The van der Waals surface area contributed by atoms with Crippen molar-refractivity contribution in [3.63, 3.8) is 0 Å². The normalized spacial score (nSPS) is 20.7. The third-order valence-corrected chi connectivity index (χ3v) is 5.00. The first-order valence-corrected chi connectivity index (χ1v) is 9.05. The Morgan fingerprint density at radius 3 is 2.44 bits per heavy atom. The van der Waals surface area contributed by atoms with Gasteiger partial charge >= 0.3 is 0 Å². The molecule has 2 aromatic heterocycles. The molecule has 4 rings (SSSR count). The van der Waals surface area contributed by atoms with Gasteiger partial charge in [0.15, 0.2) is 5.76 Å². The minimum atomic E-state index is 0.699. The smallest absolute Gasteiger partial charge is 0.202 e. The summed E-state index contributed by atoms with van der Waals surface area (Å²) >= 11 is 6.08. The van der Waals surface area contributed by atoms with Gasteiger partial charge in [-0.25, -0.2) is 0 Å². The maximum absolute atomic E-state index is 6.08. The van der Waals surface area contributed by atoms with Crippen molar-refractivity contribution in [3.05, 3.63) is 65.0 Å². The molecular formula is C19H22ClN3O2+2. The van der Waals surface area contributed by atoms with Gasteiger partial charge in [0.05, 0.1) is 6.26 Å². The quantitative estimate of drug-likeness (QED) is 0.716. The van der Waals surface area contributed by atoms with E-state index in [1.165, 1.54) is 5.56 Å². The summed E-state index contributed by atoms with van der Waals surface area (Å²) < 4.78 is 10.7. The molecule has 1 aromatic carbocycles. The Labute approximate surface area is 151 Å². The highest BCUT2D eigenvalue weighted by Gasteiger charge is 2.24. The average molecular weight is 360 g/mol. The van der Waals surface area contributed by atoms with Gasteiger partial charge in [0, 0.05) is 16.7 Å². The number of hydrogen-bond donors (Lipinski definition) is 2. The molecule has 0 bridgehead atoms. The zero-order chi connectivity index (χ0) is 17.1. The number of aromatic nitrogens is 1. The van der Waals surface area contributed by atoms with Crippen molar-refractivity contribution < 1.29 is 18.7 Å². The second-order valence-electron chi connectivity index (χ2n) is 6.64. The Morgan fingerprint density at radius 1 is 0.920 bits per heavy atom. The molecule has 0 spiro atoms. The molecule has 0 unspecified atom stereocenters. The van der Waals surface area contributed by atoms with E-state index in [1.54, 1.807) is 16.1 Å². The largest absolute Gasteiger partial charge is 0.461 e. The second kappa shape index (κ2) is 7.44. The Kier molecular flexibility index (Phi) is 4.88. The number of rotatable bonds is 5. The van der Waals surface area contributed by atoms with E-state index in [1.807, 2.05) is 30.3 Å². The van der Waals surface area contributed by atoms with Gasteiger partial charge in [0.25, 0.3) is 0 Å². The van der Waals surface area contributed by atoms with Crippen molar-refractivity contribution in [2.75, 3.05) is 26.2 Å². The predicted octanol–water partition coefficient (Wildman–Crippen LogP) is 1.07. The molecule has 0 atom stereocenters. The summed E-state index contributed by atoms with van der Waals surface area (Å²) in [6.07, 6.45) is 1.64. The summed E-state index contributed by atoms with van der Waals surface area (Å²) in [5.41, 5.74) is 2.30. The van der Waals surface area contributed by atoms with Crippen LogP contribution in [-0.4, -0.2) is 31.3 Å². The van der Waals surface area contributed by atoms with Crippen molar-refractivity contribution in [2.45, 2.75) is 13.1 Å². The predicted molar refractivity (Wildman–Crippen MR) is 94.5 cm³/mol. The van der Waals surface area contributed by atoms with Gasteiger partial charge in [-0.1, -0.05) is 28.9 Å². The van der Waals surface area contributed by atoms with E-state index in [0.29, 0.717) is 5.76 Å². The summed E-state index contributed by atoms with van der Waals surface area (Å²) in [6, 6.07) is 13.9. The van der Waals surface area contributed by atoms with Gasteiger partial charge in [-0.15, -0.1) is 0 Å². The lowest BCUT2D eigenvalue weighted by Gasteiger charge is -2.29. The Morgan fingerprint density at radius 2 is 1.72 bits per heavy atom. The number of piperazine rings is 1. The van der Waals surface area contributed by atoms with Gasteiger partial charge < -0.3 is 18.7 Å². The third kappa shape index (κ3) is 4.12. The van der Waals surface area contributed by atoms with Crippen LogP contribution in [-0.2, 0) is 13.1 Å². The second-order valence-corrected chi connectivity index (χ2v) is 7.08. The van der Waals surface area contributed by atoms with E-state index in [0.717, 1.165) is 55.7 Å². The number of hydrogen-bond acceptors (Lipinski definition) is 3. The van der Waals surface area contributed by atoms with Crippen LogP contribution in [0.3, 0.4) is 0 Å². The lowest BCUT2D eigenvalue weighted by Crippen LogP contribution is -3.27. The molecule has 1 aliphatic heterocycles. The molecule has 3 aromatic rings. The summed E-state index contributed by atoms with van der Waals surface area (Å²) in [6.45, 7) is 6.53. The van der Waals surface area contributed by atoms with E-state index in [-0.39, 0.29) is 0 Å². The molecule has 0 amide bonds. The van der Waals surface area contributed by atoms with Crippen LogP contribution in [0.1, 0.15) is 11.3 Å². The molecule has 1 aliphatic rings. The summed E-state index contributed by atoms with van der Waals surface area (Å²) in [4.78, 5) is 3.16. The monoisotopic (exact) mass is 359 g/mol. The minimum Gasteiger partial charge on any atom is -0.461 e. The van der Waals surface area contributed by atoms with Crippen molar-refractivity contribution in [1.29, 1.82) is 0 Å². The maximum Gasteiger partial charge on any atom is 0.202 e. The van der Waals surface area contributed by atoms with E-state index < -0.39 is 0 Å². The maximum atomic E-state index is 6.08. The van der Waals surface area contributed by atoms with Crippen LogP contribution in [0.4, 0.5) is 0 Å². The lowest BCUT2D eigenvalue weighted by molar-refractivity contribution is -1.02. The summed E-state index contributed by atoms with van der Waals surface area (Å²) in [5, 5.41) is 5.00. The Hall–Kier alpha value is -2.08. The van der Waals surface area contributed by atoms with Crippen LogP contribution in [0.5, 0.6) is 0 Å². The zero-order valence-corrected chi connectivity index (χ0v) is 14.8. The van der Waals surface area contributed by atoms with Crippen molar-refractivity contribution in [1.82, 2.24) is 5.16 Å². The fraction of sp³-hybridized carbons (Fsp3) is 0.316. The molecule has 2 N–H and O–H groups in total. The van der Waals surface area contributed by atoms with Gasteiger partial charge in [-0.3, -0.25) is 0 Å². The van der Waals surface area contributed by atoms with Gasteiger partial charge in [-0.2, -0.15) is 0 Å². The number of furan rings is 1. The molecule has 1 saturated heterocycles. The number of benzene rings is 1. The molecule has 0 aliphatic carbocycles. The molecule has 6 heteroatoms. The third-order valence-electron chi connectivity index (χ3n) is 4.76. The molecule has 0 radical (unpaired) electrons. The van der Waals surface area contributed by atoms with Crippen LogP contribution in [0.2, 0.25) is 5.02 Å².